The molecule has 0 bridgehead atoms. The Bertz CT molecular complexity index is 1180. The van der Waals surface area contributed by atoms with Crippen LogP contribution in [0.15, 0.2) is 33.0 Å². The molecule has 0 radical (unpaired) electrons. The van der Waals surface area contributed by atoms with Crippen molar-refractivity contribution in [3.63, 3.8) is 0 Å². The van der Waals surface area contributed by atoms with Gasteiger partial charge in [0.25, 0.3) is 0 Å². The molecule has 2 aromatic heterocycles. The molecule has 0 unspecified atom stereocenters. The summed E-state index contributed by atoms with van der Waals surface area (Å²) in [6.45, 7) is 1.90. The van der Waals surface area contributed by atoms with E-state index in [9.17, 15) is 12.8 Å². The third-order valence-electron chi connectivity index (χ3n) is 4.86. The number of thioether (sulfide) groups is 1. The summed E-state index contributed by atoms with van der Waals surface area (Å²) in [6.07, 6.45) is 5.67. The predicted molar refractivity (Wildman–Crippen MR) is 103 cm³/mol. The van der Waals surface area contributed by atoms with E-state index >= 15 is 0 Å². The Labute approximate surface area is 165 Å². The molecule has 1 aliphatic rings. The van der Waals surface area contributed by atoms with Gasteiger partial charge >= 0.3 is 0 Å². The van der Waals surface area contributed by atoms with Crippen LogP contribution in [-0.2, 0) is 22.7 Å². The summed E-state index contributed by atoms with van der Waals surface area (Å²) >= 11 is 7.06. The van der Waals surface area contributed by atoms with Crippen molar-refractivity contribution in [1.82, 2.24) is 14.6 Å². The van der Waals surface area contributed by atoms with Gasteiger partial charge in [0.2, 0.25) is 9.84 Å². The molecule has 2 heterocycles. The maximum Gasteiger partial charge on any atom is 0.213 e. The van der Waals surface area contributed by atoms with Crippen LogP contribution in [0.3, 0.4) is 0 Å². The molecule has 0 saturated carbocycles. The van der Waals surface area contributed by atoms with Gasteiger partial charge in [0.15, 0.2) is 10.5 Å². The number of aryl methyl sites for hydroxylation is 2. The van der Waals surface area contributed by atoms with Crippen LogP contribution >= 0.6 is 23.4 Å². The second kappa shape index (κ2) is 6.76. The standard InChI is InChI=1S/C18H17ClFN3O2S2/c1-10-12-5-3-4-6-15(12)23-17(21-10)16(18(22-23)26-2)27(24,25)11-7-8-14(20)13(19)9-11/h7-9H,3-6H2,1-2H3. The Balaban J connectivity index is 2.03. The van der Waals surface area contributed by atoms with Crippen molar-refractivity contribution in [3.8, 4) is 0 Å². The number of halogens is 2. The van der Waals surface area contributed by atoms with Crippen LogP contribution in [0.25, 0.3) is 5.65 Å². The number of rotatable bonds is 3. The Kier molecular flexibility index (Phi) is 4.68. The summed E-state index contributed by atoms with van der Waals surface area (Å²) in [7, 11) is -3.97. The van der Waals surface area contributed by atoms with E-state index in [-0.39, 0.29) is 14.8 Å². The zero-order valence-corrected chi connectivity index (χ0v) is 17.2. The van der Waals surface area contributed by atoms with Crippen molar-refractivity contribution >= 4 is 38.8 Å². The van der Waals surface area contributed by atoms with E-state index in [2.05, 4.69) is 10.1 Å². The molecule has 0 atom stereocenters. The fourth-order valence-electron chi connectivity index (χ4n) is 3.53. The van der Waals surface area contributed by atoms with E-state index in [1.165, 1.54) is 17.8 Å². The number of sulfone groups is 1. The minimum atomic E-state index is -3.97. The van der Waals surface area contributed by atoms with Gasteiger partial charge in [0.05, 0.1) is 9.92 Å². The molecule has 27 heavy (non-hydrogen) atoms. The third-order valence-corrected chi connectivity index (χ3v) is 7.74. The van der Waals surface area contributed by atoms with Gasteiger partial charge in [-0.05, 0) is 62.6 Å². The average Bonchev–Trinajstić information content (AvgIpc) is 3.03. The van der Waals surface area contributed by atoms with Gasteiger partial charge in [-0.1, -0.05) is 11.6 Å². The fraction of sp³-hybridized carbons (Fsp3) is 0.333. The molecule has 4 rings (SSSR count). The van der Waals surface area contributed by atoms with Crippen molar-refractivity contribution in [2.45, 2.75) is 47.4 Å². The van der Waals surface area contributed by atoms with Crippen LogP contribution in [-0.4, -0.2) is 29.3 Å². The number of benzene rings is 1. The molecule has 1 aromatic carbocycles. The number of nitrogens with zero attached hydrogens (tertiary/aromatic N) is 3. The molecular weight excluding hydrogens is 409 g/mol. The van der Waals surface area contributed by atoms with Crippen LogP contribution in [0.2, 0.25) is 5.02 Å². The Hall–Kier alpha value is -1.64. The molecule has 9 heteroatoms. The van der Waals surface area contributed by atoms with E-state index in [1.807, 2.05) is 6.92 Å². The van der Waals surface area contributed by atoms with Gasteiger partial charge in [0.1, 0.15) is 10.8 Å². The number of fused-ring (bicyclic) bond motifs is 3. The van der Waals surface area contributed by atoms with E-state index in [4.69, 9.17) is 11.6 Å². The summed E-state index contributed by atoms with van der Waals surface area (Å²) in [5, 5.41) is 4.69. The van der Waals surface area contributed by atoms with E-state index in [1.54, 1.807) is 10.8 Å². The van der Waals surface area contributed by atoms with Crippen LogP contribution < -0.4 is 0 Å². The van der Waals surface area contributed by atoms with E-state index in [0.29, 0.717) is 10.7 Å². The summed E-state index contributed by atoms with van der Waals surface area (Å²) < 4.78 is 41.9. The minimum absolute atomic E-state index is 0.0501. The number of aromatic nitrogens is 3. The first-order valence-electron chi connectivity index (χ1n) is 8.50. The average molecular weight is 426 g/mol. The molecule has 1 aliphatic carbocycles. The molecule has 0 saturated heterocycles. The van der Waals surface area contributed by atoms with Crippen LogP contribution in [0.1, 0.15) is 29.8 Å². The topological polar surface area (TPSA) is 64.3 Å². The highest BCUT2D eigenvalue weighted by molar-refractivity contribution is 7.99. The van der Waals surface area contributed by atoms with Crippen LogP contribution in [0.4, 0.5) is 4.39 Å². The third kappa shape index (κ3) is 2.94. The lowest BCUT2D eigenvalue weighted by Gasteiger charge is -2.18. The van der Waals surface area contributed by atoms with Crippen molar-refractivity contribution in [1.29, 1.82) is 0 Å². The second-order valence-corrected chi connectivity index (χ2v) is 9.57. The van der Waals surface area contributed by atoms with E-state index in [0.717, 1.165) is 54.8 Å². The maximum absolute atomic E-state index is 13.5. The molecule has 0 fully saturated rings. The van der Waals surface area contributed by atoms with Gasteiger partial charge in [-0.2, -0.15) is 5.10 Å². The Morgan fingerprint density at radius 2 is 2.00 bits per heavy atom. The highest BCUT2D eigenvalue weighted by Gasteiger charge is 2.31. The Morgan fingerprint density at radius 3 is 2.70 bits per heavy atom. The summed E-state index contributed by atoms with van der Waals surface area (Å²) in [5.41, 5.74) is 3.33. The van der Waals surface area contributed by atoms with Crippen molar-refractivity contribution in [3.05, 3.63) is 46.0 Å². The summed E-state index contributed by atoms with van der Waals surface area (Å²) in [6, 6.07) is 3.40. The Morgan fingerprint density at radius 1 is 1.26 bits per heavy atom. The van der Waals surface area contributed by atoms with Crippen LogP contribution in [0.5, 0.6) is 0 Å². The van der Waals surface area contributed by atoms with Gasteiger partial charge in [-0.15, -0.1) is 11.8 Å². The van der Waals surface area contributed by atoms with E-state index < -0.39 is 15.7 Å². The molecule has 0 N–H and O–H groups in total. The monoisotopic (exact) mass is 425 g/mol. The number of hydrogen-bond acceptors (Lipinski definition) is 5. The second-order valence-electron chi connectivity index (χ2n) is 6.48. The smallest absolute Gasteiger partial charge is 0.213 e. The molecule has 142 valence electrons. The zero-order chi connectivity index (χ0) is 19.3. The predicted octanol–water partition coefficient (Wildman–Crippen LogP) is 4.26. The van der Waals surface area contributed by atoms with Gasteiger partial charge in [-0.25, -0.2) is 22.3 Å². The minimum Gasteiger partial charge on any atom is -0.232 e. The van der Waals surface area contributed by atoms with Gasteiger partial charge < -0.3 is 0 Å². The van der Waals surface area contributed by atoms with Gasteiger partial charge in [0, 0.05) is 11.4 Å². The molecule has 0 amide bonds. The molecular formula is C18H17ClFN3O2S2. The van der Waals surface area contributed by atoms with Crippen LogP contribution in [0, 0.1) is 12.7 Å². The van der Waals surface area contributed by atoms with Crippen molar-refractivity contribution in [2.24, 2.45) is 0 Å². The maximum atomic E-state index is 13.5. The fourth-order valence-corrected chi connectivity index (χ4v) is 6.19. The lowest BCUT2D eigenvalue weighted by molar-refractivity contribution is 0.593. The first kappa shape index (κ1) is 18.7. The molecule has 0 aliphatic heterocycles. The summed E-state index contributed by atoms with van der Waals surface area (Å²) in [4.78, 5) is 4.57. The normalized spacial score (nSPS) is 14.5. The first-order chi connectivity index (χ1) is 12.8. The molecule has 0 spiro atoms. The van der Waals surface area contributed by atoms with Crippen molar-refractivity contribution < 1.29 is 12.8 Å². The highest BCUT2D eigenvalue weighted by Crippen LogP contribution is 2.35. The van der Waals surface area contributed by atoms with Crippen molar-refractivity contribution in [2.75, 3.05) is 6.26 Å². The molecule has 5 nitrogen and oxygen atoms in total. The molecule has 3 aromatic rings. The highest BCUT2D eigenvalue weighted by atomic mass is 35.5. The van der Waals surface area contributed by atoms with Gasteiger partial charge in [-0.3, -0.25) is 0 Å². The zero-order valence-electron chi connectivity index (χ0n) is 14.8. The first-order valence-corrected chi connectivity index (χ1v) is 11.6. The summed E-state index contributed by atoms with van der Waals surface area (Å²) in [5.74, 6) is -0.663. The SMILES string of the molecule is CSc1nn2c3c(c(C)nc2c1S(=O)(=O)c1ccc(F)c(Cl)c1)CCCC3. The largest absolute Gasteiger partial charge is 0.232 e. The number of hydrogen-bond donors (Lipinski definition) is 0. The quantitative estimate of drug-likeness (QED) is 0.463. The lowest BCUT2D eigenvalue weighted by Crippen LogP contribution is -2.14. The lowest BCUT2D eigenvalue weighted by atomic mass is 9.95.